The second kappa shape index (κ2) is 8.08. The van der Waals surface area contributed by atoms with Crippen molar-refractivity contribution in [2.24, 2.45) is 17.3 Å². The molecule has 0 spiro atoms. The van der Waals surface area contributed by atoms with E-state index in [4.69, 9.17) is 4.98 Å². The molecule has 7 heteroatoms. The van der Waals surface area contributed by atoms with Gasteiger partial charge in [0.2, 0.25) is 5.91 Å². The van der Waals surface area contributed by atoms with E-state index < -0.39 is 0 Å². The van der Waals surface area contributed by atoms with Crippen LogP contribution >= 0.6 is 11.3 Å². The zero-order valence-corrected chi connectivity index (χ0v) is 19.7. The lowest BCUT2D eigenvalue weighted by molar-refractivity contribution is -0.136. The first-order valence-electron chi connectivity index (χ1n) is 11.2. The van der Waals surface area contributed by atoms with Gasteiger partial charge in [-0.25, -0.2) is 4.98 Å². The standard InChI is InChI=1S/C23H34N4O2S/c1-14(2)22(29)27-10-8-26(9-11-27)13-18-24-20(28)19-16-7-6-15(23(3,4)5)12-17(16)30-21(19)25-18/h14-15H,6-13H2,1-5H3,(H,24,25,28)/t15-/m1/s1. The Kier molecular flexibility index (Phi) is 5.79. The van der Waals surface area contributed by atoms with Crippen LogP contribution in [-0.4, -0.2) is 51.9 Å². The smallest absolute Gasteiger partial charge is 0.259 e. The van der Waals surface area contributed by atoms with Crippen molar-refractivity contribution in [3.63, 3.8) is 0 Å². The molecule has 0 radical (unpaired) electrons. The van der Waals surface area contributed by atoms with Crippen molar-refractivity contribution >= 4 is 27.5 Å². The van der Waals surface area contributed by atoms with E-state index in [0.29, 0.717) is 12.5 Å². The lowest BCUT2D eigenvalue weighted by Gasteiger charge is -2.35. The SMILES string of the molecule is CC(C)C(=O)N1CCN(Cc2nc3sc4c(c3c(=O)[nH]2)CC[C@@H](C(C)(C)C)C4)CC1. The highest BCUT2D eigenvalue weighted by molar-refractivity contribution is 7.18. The Morgan fingerprint density at radius 1 is 1.23 bits per heavy atom. The summed E-state index contributed by atoms with van der Waals surface area (Å²) in [6.45, 7) is 14.6. The summed E-state index contributed by atoms with van der Waals surface area (Å²) in [4.78, 5) is 39.4. The van der Waals surface area contributed by atoms with E-state index >= 15 is 0 Å². The third kappa shape index (κ3) is 4.19. The Morgan fingerprint density at radius 3 is 2.57 bits per heavy atom. The molecule has 0 aromatic carbocycles. The minimum atomic E-state index is 0.00956. The molecule has 1 fully saturated rings. The number of thiophene rings is 1. The molecule has 1 atom stereocenters. The molecule has 2 aliphatic rings. The summed E-state index contributed by atoms with van der Waals surface area (Å²) in [5, 5.41) is 0.818. The minimum Gasteiger partial charge on any atom is -0.340 e. The van der Waals surface area contributed by atoms with Crippen LogP contribution in [0.5, 0.6) is 0 Å². The van der Waals surface area contributed by atoms with E-state index in [-0.39, 0.29) is 22.8 Å². The zero-order valence-electron chi connectivity index (χ0n) is 18.9. The molecule has 164 valence electrons. The highest BCUT2D eigenvalue weighted by Gasteiger charge is 2.32. The van der Waals surface area contributed by atoms with Gasteiger partial charge < -0.3 is 9.88 Å². The van der Waals surface area contributed by atoms with Gasteiger partial charge >= 0.3 is 0 Å². The van der Waals surface area contributed by atoms with Crippen LogP contribution in [0.2, 0.25) is 0 Å². The van der Waals surface area contributed by atoms with Gasteiger partial charge in [0.25, 0.3) is 5.56 Å². The number of hydrogen-bond donors (Lipinski definition) is 1. The molecule has 1 aliphatic carbocycles. The summed E-state index contributed by atoms with van der Waals surface area (Å²) in [7, 11) is 0. The number of aryl methyl sites for hydroxylation is 1. The number of hydrogen-bond acceptors (Lipinski definition) is 5. The zero-order chi connectivity index (χ0) is 21.6. The summed E-state index contributed by atoms with van der Waals surface area (Å²) < 4.78 is 0. The average Bonchev–Trinajstić information content (AvgIpc) is 3.05. The maximum absolute atomic E-state index is 12.9. The Labute approximate surface area is 182 Å². The third-order valence-electron chi connectivity index (χ3n) is 6.74. The van der Waals surface area contributed by atoms with Gasteiger partial charge in [-0.05, 0) is 36.2 Å². The van der Waals surface area contributed by atoms with Crippen molar-refractivity contribution in [2.45, 2.75) is 60.4 Å². The fourth-order valence-electron chi connectivity index (χ4n) is 4.75. The molecule has 0 saturated carbocycles. The second-order valence-electron chi connectivity index (χ2n) is 10.3. The minimum absolute atomic E-state index is 0.00956. The van der Waals surface area contributed by atoms with Crippen molar-refractivity contribution < 1.29 is 4.79 Å². The van der Waals surface area contributed by atoms with Gasteiger partial charge in [-0.1, -0.05) is 34.6 Å². The molecule has 2 aromatic heterocycles. The first-order valence-corrected chi connectivity index (χ1v) is 12.0. The number of fused-ring (bicyclic) bond motifs is 3. The Morgan fingerprint density at radius 2 is 1.93 bits per heavy atom. The molecule has 1 N–H and O–H groups in total. The first kappa shape index (κ1) is 21.5. The highest BCUT2D eigenvalue weighted by Crippen LogP contribution is 2.41. The van der Waals surface area contributed by atoms with Crippen LogP contribution in [0.1, 0.15) is 57.3 Å². The van der Waals surface area contributed by atoms with Crippen LogP contribution in [0.15, 0.2) is 4.79 Å². The number of amides is 1. The van der Waals surface area contributed by atoms with Crippen LogP contribution in [-0.2, 0) is 24.2 Å². The van der Waals surface area contributed by atoms with Crippen molar-refractivity contribution in [1.29, 1.82) is 0 Å². The predicted octanol–water partition coefficient (Wildman–Crippen LogP) is 3.44. The van der Waals surface area contributed by atoms with Crippen LogP contribution in [0, 0.1) is 17.3 Å². The second-order valence-corrected chi connectivity index (χ2v) is 11.3. The number of nitrogens with zero attached hydrogens (tertiary/aromatic N) is 3. The number of rotatable bonds is 3. The Hall–Kier alpha value is -1.73. The van der Waals surface area contributed by atoms with Crippen LogP contribution in [0.4, 0.5) is 0 Å². The summed E-state index contributed by atoms with van der Waals surface area (Å²) in [5.41, 5.74) is 1.53. The Balaban J connectivity index is 1.50. The maximum Gasteiger partial charge on any atom is 0.259 e. The van der Waals surface area contributed by atoms with Gasteiger partial charge in [-0.3, -0.25) is 14.5 Å². The topological polar surface area (TPSA) is 69.3 Å². The molecule has 1 amide bonds. The van der Waals surface area contributed by atoms with E-state index in [0.717, 1.165) is 61.5 Å². The number of aromatic nitrogens is 2. The molecule has 30 heavy (non-hydrogen) atoms. The van der Waals surface area contributed by atoms with E-state index in [9.17, 15) is 9.59 Å². The highest BCUT2D eigenvalue weighted by atomic mass is 32.1. The van der Waals surface area contributed by atoms with Gasteiger partial charge in [0.15, 0.2) is 0 Å². The van der Waals surface area contributed by atoms with Crippen LogP contribution < -0.4 is 5.56 Å². The molecule has 2 aromatic rings. The number of carbonyl (C=O) groups is 1. The van der Waals surface area contributed by atoms with E-state index in [2.05, 4.69) is 30.7 Å². The van der Waals surface area contributed by atoms with Gasteiger partial charge in [-0.2, -0.15) is 0 Å². The van der Waals surface area contributed by atoms with Gasteiger partial charge in [0.1, 0.15) is 10.7 Å². The summed E-state index contributed by atoms with van der Waals surface area (Å²) >= 11 is 1.71. The number of nitrogens with one attached hydrogen (secondary N) is 1. The van der Waals surface area contributed by atoms with Crippen molar-refractivity contribution in [1.82, 2.24) is 19.8 Å². The summed E-state index contributed by atoms with van der Waals surface area (Å²) in [6, 6.07) is 0. The lowest BCUT2D eigenvalue weighted by Crippen LogP contribution is -2.49. The van der Waals surface area contributed by atoms with Gasteiger partial charge in [0, 0.05) is 37.0 Å². The number of piperazine rings is 1. The largest absolute Gasteiger partial charge is 0.340 e. The fourth-order valence-corrected chi connectivity index (χ4v) is 6.06. The molecular formula is C23H34N4O2S. The van der Waals surface area contributed by atoms with E-state index in [1.54, 1.807) is 11.3 Å². The molecule has 4 rings (SSSR count). The molecule has 1 aliphatic heterocycles. The summed E-state index contributed by atoms with van der Waals surface area (Å²) in [5.74, 6) is 1.66. The van der Waals surface area contributed by atoms with Crippen molar-refractivity contribution in [2.75, 3.05) is 26.2 Å². The van der Waals surface area contributed by atoms with Gasteiger partial charge in [-0.15, -0.1) is 11.3 Å². The molecule has 0 unspecified atom stereocenters. The number of carbonyl (C=O) groups excluding carboxylic acids is 1. The van der Waals surface area contributed by atoms with E-state index in [1.807, 2.05) is 18.7 Å². The van der Waals surface area contributed by atoms with Crippen molar-refractivity contribution in [3.8, 4) is 0 Å². The quantitative estimate of drug-likeness (QED) is 0.810. The molecule has 6 nitrogen and oxygen atoms in total. The fraction of sp³-hybridized carbons (Fsp3) is 0.696. The first-order chi connectivity index (χ1) is 14.1. The third-order valence-corrected chi connectivity index (χ3v) is 7.89. The molecule has 0 bridgehead atoms. The molecule has 1 saturated heterocycles. The average molecular weight is 431 g/mol. The maximum atomic E-state index is 12.9. The van der Waals surface area contributed by atoms with Crippen molar-refractivity contribution in [3.05, 3.63) is 26.6 Å². The number of H-pyrrole nitrogens is 1. The predicted molar refractivity (Wildman–Crippen MR) is 122 cm³/mol. The van der Waals surface area contributed by atoms with Crippen LogP contribution in [0.25, 0.3) is 10.2 Å². The van der Waals surface area contributed by atoms with E-state index in [1.165, 1.54) is 10.4 Å². The normalized spacial score (nSPS) is 20.7. The van der Waals surface area contributed by atoms with Gasteiger partial charge in [0.05, 0.1) is 11.9 Å². The molecular weight excluding hydrogens is 396 g/mol. The lowest BCUT2D eigenvalue weighted by atomic mass is 9.72. The summed E-state index contributed by atoms with van der Waals surface area (Å²) in [6.07, 6.45) is 3.18. The molecule has 3 heterocycles. The number of aromatic amines is 1. The Bertz CT molecular complexity index is 993. The monoisotopic (exact) mass is 430 g/mol. The van der Waals surface area contributed by atoms with Crippen LogP contribution in [0.3, 0.4) is 0 Å².